The minimum absolute atomic E-state index is 0.0360. The van der Waals surface area contributed by atoms with Crippen molar-refractivity contribution in [1.29, 1.82) is 5.26 Å². The normalized spacial score (nSPS) is 11.9. The summed E-state index contributed by atoms with van der Waals surface area (Å²) < 4.78 is 0. The molecule has 0 aliphatic carbocycles. The number of hydrogen-bond donors (Lipinski definition) is 1. The van der Waals surface area contributed by atoms with Crippen molar-refractivity contribution in [3.8, 4) is 6.07 Å². The van der Waals surface area contributed by atoms with Gasteiger partial charge in [-0.15, -0.1) is 0 Å². The van der Waals surface area contributed by atoms with E-state index in [9.17, 15) is 4.79 Å². The molecule has 1 rings (SSSR count). The van der Waals surface area contributed by atoms with E-state index in [0.29, 0.717) is 28.8 Å². The van der Waals surface area contributed by atoms with Crippen LogP contribution in [0.15, 0.2) is 24.3 Å². The van der Waals surface area contributed by atoms with Gasteiger partial charge in [0.15, 0.2) is 0 Å². The highest BCUT2D eigenvalue weighted by atomic mass is 32.2. The van der Waals surface area contributed by atoms with Gasteiger partial charge in [0, 0.05) is 17.4 Å². The van der Waals surface area contributed by atoms with Gasteiger partial charge in [-0.1, -0.05) is 32.9 Å². The fourth-order valence-corrected chi connectivity index (χ4v) is 2.49. The Balaban J connectivity index is 2.42. The Morgan fingerprint density at radius 1 is 1.37 bits per heavy atom. The van der Waals surface area contributed by atoms with Gasteiger partial charge < -0.3 is 5.32 Å². The fraction of sp³-hybridized carbons (Fsp3) is 0.467. The van der Waals surface area contributed by atoms with Gasteiger partial charge in [0.25, 0.3) is 0 Å². The number of nitrogens with zero attached hydrogens (tertiary/aromatic N) is 1. The first kappa shape index (κ1) is 15.6. The molecule has 102 valence electrons. The molecule has 3 nitrogen and oxygen atoms in total. The van der Waals surface area contributed by atoms with E-state index in [2.05, 4.69) is 32.2 Å². The third-order valence-corrected chi connectivity index (χ3v) is 4.48. The van der Waals surface area contributed by atoms with Crippen LogP contribution in [0.3, 0.4) is 0 Å². The molecule has 0 radical (unpaired) electrons. The maximum absolute atomic E-state index is 11.8. The van der Waals surface area contributed by atoms with Gasteiger partial charge in [-0.3, -0.25) is 4.79 Å². The second-order valence-corrected chi connectivity index (χ2v) is 6.26. The molecule has 1 unspecified atom stereocenters. The van der Waals surface area contributed by atoms with E-state index in [1.54, 1.807) is 18.2 Å². The first-order chi connectivity index (χ1) is 9.04. The average Bonchev–Trinajstić information content (AvgIpc) is 2.39. The third-order valence-electron chi connectivity index (χ3n) is 2.97. The summed E-state index contributed by atoms with van der Waals surface area (Å²) in [6.07, 6.45) is 0.474. The van der Waals surface area contributed by atoms with Crippen molar-refractivity contribution in [1.82, 2.24) is 0 Å². The molecule has 1 aromatic carbocycles. The van der Waals surface area contributed by atoms with E-state index >= 15 is 0 Å². The summed E-state index contributed by atoms with van der Waals surface area (Å²) in [5.74, 6) is 1.39. The molecule has 1 aromatic rings. The van der Waals surface area contributed by atoms with Crippen LogP contribution in [-0.2, 0) is 4.79 Å². The number of carbonyl (C=O) groups excluding carboxylic acids is 1. The smallest absolute Gasteiger partial charge is 0.225 e. The van der Waals surface area contributed by atoms with Crippen LogP contribution in [0.4, 0.5) is 5.69 Å². The molecule has 0 bridgehead atoms. The number of para-hydroxylation sites is 1. The van der Waals surface area contributed by atoms with Gasteiger partial charge in [0.2, 0.25) is 5.91 Å². The van der Waals surface area contributed by atoms with Gasteiger partial charge in [-0.05, 0) is 18.1 Å². The molecule has 0 spiro atoms. The molecule has 0 aliphatic rings. The lowest BCUT2D eigenvalue weighted by molar-refractivity contribution is -0.115. The number of nitrogens with one attached hydrogen (secondary N) is 1. The highest BCUT2D eigenvalue weighted by Gasteiger charge is 2.10. The summed E-state index contributed by atoms with van der Waals surface area (Å²) in [4.78, 5) is 11.8. The Morgan fingerprint density at radius 2 is 2.05 bits per heavy atom. The molecular formula is C15H20N2OS. The monoisotopic (exact) mass is 276 g/mol. The topological polar surface area (TPSA) is 52.9 Å². The summed E-state index contributed by atoms with van der Waals surface area (Å²) in [6.45, 7) is 6.54. The van der Waals surface area contributed by atoms with Crippen molar-refractivity contribution in [2.75, 3.05) is 11.1 Å². The zero-order valence-corrected chi connectivity index (χ0v) is 12.5. The minimum atomic E-state index is -0.0360. The number of nitriles is 1. The molecule has 0 fully saturated rings. The second-order valence-electron chi connectivity index (χ2n) is 4.78. The van der Waals surface area contributed by atoms with Crippen LogP contribution in [-0.4, -0.2) is 16.9 Å². The van der Waals surface area contributed by atoms with Gasteiger partial charge >= 0.3 is 0 Å². The highest BCUT2D eigenvalue weighted by molar-refractivity contribution is 7.99. The van der Waals surface area contributed by atoms with Crippen molar-refractivity contribution < 1.29 is 4.79 Å². The van der Waals surface area contributed by atoms with Crippen LogP contribution >= 0.6 is 11.8 Å². The third kappa shape index (κ3) is 5.35. The summed E-state index contributed by atoms with van der Waals surface area (Å²) >= 11 is 1.81. The lowest BCUT2D eigenvalue weighted by atomic mass is 10.2. The van der Waals surface area contributed by atoms with E-state index in [-0.39, 0.29) is 5.91 Å². The Hall–Kier alpha value is -1.47. The SMILES string of the molecule is CC(C)C(C)SCCC(=O)Nc1ccccc1C#N. The lowest BCUT2D eigenvalue weighted by Gasteiger charge is -2.14. The summed E-state index contributed by atoms with van der Waals surface area (Å²) in [6, 6.07) is 9.12. The van der Waals surface area contributed by atoms with E-state index in [4.69, 9.17) is 5.26 Å². The molecule has 0 saturated carbocycles. The molecular weight excluding hydrogens is 256 g/mol. The molecule has 1 N–H and O–H groups in total. The maximum atomic E-state index is 11.8. The predicted octanol–water partition coefficient (Wildman–Crippen LogP) is 3.66. The Kier molecular flexibility index (Phi) is 6.44. The zero-order chi connectivity index (χ0) is 14.3. The summed E-state index contributed by atoms with van der Waals surface area (Å²) in [5.41, 5.74) is 1.09. The van der Waals surface area contributed by atoms with Gasteiger partial charge in [0.1, 0.15) is 6.07 Å². The number of benzene rings is 1. The van der Waals surface area contributed by atoms with Crippen LogP contribution in [0.5, 0.6) is 0 Å². The lowest BCUT2D eigenvalue weighted by Crippen LogP contribution is -2.14. The van der Waals surface area contributed by atoms with Crippen LogP contribution in [0.1, 0.15) is 32.8 Å². The number of carbonyl (C=O) groups is 1. The fourth-order valence-electron chi connectivity index (χ4n) is 1.43. The van der Waals surface area contributed by atoms with Gasteiger partial charge in [-0.2, -0.15) is 17.0 Å². The van der Waals surface area contributed by atoms with Gasteiger partial charge in [-0.25, -0.2) is 0 Å². The number of thioether (sulfide) groups is 1. The van der Waals surface area contributed by atoms with Crippen molar-refractivity contribution in [3.05, 3.63) is 29.8 Å². The molecule has 4 heteroatoms. The van der Waals surface area contributed by atoms with Crippen LogP contribution in [0.25, 0.3) is 0 Å². The summed E-state index contributed by atoms with van der Waals surface area (Å²) in [7, 11) is 0. The van der Waals surface area contributed by atoms with Crippen molar-refractivity contribution in [3.63, 3.8) is 0 Å². The minimum Gasteiger partial charge on any atom is -0.325 e. The molecule has 1 atom stereocenters. The number of rotatable bonds is 6. The summed E-state index contributed by atoms with van der Waals surface area (Å²) in [5, 5.41) is 12.3. The van der Waals surface area contributed by atoms with E-state index in [1.807, 2.05) is 17.8 Å². The maximum Gasteiger partial charge on any atom is 0.225 e. The standard InChI is InChI=1S/C15H20N2OS/c1-11(2)12(3)19-9-8-15(18)17-14-7-5-4-6-13(14)10-16/h4-7,11-12H,8-9H2,1-3H3,(H,17,18). The van der Waals surface area contributed by atoms with Gasteiger partial charge in [0.05, 0.1) is 11.3 Å². The molecule has 0 aliphatic heterocycles. The van der Waals surface area contributed by atoms with Crippen molar-refractivity contribution in [2.24, 2.45) is 5.92 Å². The first-order valence-corrected chi connectivity index (χ1v) is 7.50. The van der Waals surface area contributed by atoms with Crippen LogP contribution in [0, 0.1) is 17.2 Å². The molecule has 0 aromatic heterocycles. The molecule has 19 heavy (non-hydrogen) atoms. The van der Waals surface area contributed by atoms with Crippen LogP contribution in [0.2, 0.25) is 0 Å². The predicted molar refractivity (Wildman–Crippen MR) is 81.2 cm³/mol. The Morgan fingerprint density at radius 3 is 2.68 bits per heavy atom. The number of amides is 1. The Labute approximate surface area is 119 Å². The largest absolute Gasteiger partial charge is 0.325 e. The second kappa shape index (κ2) is 7.85. The average molecular weight is 276 g/mol. The van der Waals surface area contributed by atoms with E-state index in [1.165, 1.54) is 0 Å². The molecule has 1 amide bonds. The van der Waals surface area contributed by atoms with E-state index in [0.717, 1.165) is 5.75 Å². The number of anilines is 1. The highest BCUT2D eigenvalue weighted by Crippen LogP contribution is 2.20. The first-order valence-electron chi connectivity index (χ1n) is 6.45. The van der Waals surface area contributed by atoms with Crippen molar-refractivity contribution >= 4 is 23.4 Å². The molecule has 0 saturated heterocycles. The zero-order valence-electron chi connectivity index (χ0n) is 11.6. The quantitative estimate of drug-likeness (QED) is 0.862. The van der Waals surface area contributed by atoms with E-state index < -0.39 is 0 Å². The Bertz CT molecular complexity index is 465. The van der Waals surface area contributed by atoms with Crippen LogP contribution < -0.4 is 5.32 Å². The molecule has 0 heterocycles. The van der Waals surface area contributed by atoms with Crippen molar-refractivity contribution in [2.45, 2.75) is 32.4 Å². The number of hydrogen-bond acceptors (Lipinski definition) is 3.